The lowest BCUT2D eigenvalue weighted by atomic mass is 10.2. The van der Waals surface area contributed by atoms with Crippen LogP contribution in [0.5, 0.6) is 5.75 Å². The fraction of sp³-hybridized carbons (Fsp3) is 0.357. The third-order valence-corrected chi connectivity index (χ3v) is 2.84. The summed E-state index contributed by atoms with van der Waals surface area (Å²) in [6, 6.07) is 6.37. The van der Waals surface area contributed by atoms with E-state index in [9.17, 15) is 9.90 Å². The molecule has 3 nitrogen and oxygen atoms in total. The summed E-state index contributed by atoms with van der Waals surface area (Å²) >= 11 is 0. The van der Waals surface area contributed by atoms with E-state index < -0.39 is 0 Å². The zero-order valence-electron chi connectivity index (χ0n) is 9.60. The highest BCUT2D eigenvalue weighted by atomic mass is 16.3. The van der Waals surface area contributed by atoms with Crippen LogP contribution < -0.4 is 0 Å². The Hall–Kier alpha value is -1.95. The number of hydrogen-bond acceptors (Lipinski definition) is 2. The van der Waals surface area contributed by atoms with Crippen molar-refractivity contribution in [1.29, 1.82) is 0 Å². The molecule has 1 aromatic carbocycles. The second-order valence-corrected chi connectivity index (χ2v) is 4.38. The van der Waals surface area contributed by atoms with E-state index in [1.54, 1.807) is 23.1 Å². The first kappa shape index (κ1) is 11.5. The number of aromatic hydroxyl groups is 1. The van der Waals surface area contributed by atoms with Gasteiger partial charge in [0.05, 0.1) is 6.54 Å². The molecule has 0 bridgehead atoms. The van der Waals surface area contributed by atoms with Crippen molar-refractivity contribution in [3.05, 3.63) is 29.8 Å². The molecule has 0 unspecified atom stereocenters. The molecule has 0 aliphatic heterocycles. The van der Waals surface area contributed by atoms with E-state index >= 15 is 0 Å². The van der Waals surface area contributed by atoms with Gasteiger partial charge in [0, 0.05) is 12.1 Å². The van der Waals surface area contributed by atoms with Gasteiger partial charge in [-0.2, -0.15) is 0 Å². The van der Waals surface area contributed by atoms with Gasteiger partial charge in [-0.25, -0.2) is 0 Å². The van der Waals surface area contributed by atoms with E-state index in [-0.39, 0.29) is 11.7 Å². The van der Waals surface area contributed by atoms with Gasteiger partial charge < -0.3 is 10.0 Å². The number of carbonyl (C=O) groups is 1. The topological polar surface area (TPSA) is 40.5 Å². The maximum atomic E-state index is 12.2. The summed E-state index contributed by atoms with van der Waals surface area (Å²) in [4.78, 5) is 13.8. The fourth-order valence-electron chi connectivity index (χ4n) is 1.76. The monoisotopic (exact) mass is 229 g/mol. The molecule has 0 aromatic heterocycles. The molecular formula is C14H15NO2. The Morgan fingerprint density at radius 2 is 2.29 bits per heavy atom. The van der Waals surface area contributed by atoms with Crippen molar-refractivity contribution in [1.82, 2.24) is 4.90 Å². The molecule has 0 saturated heterocycles. The summed E-state index contributed by atoms with van der Waals surface area (Å²) in [5, 5.41) is 9.36. The van der Waals surface area contributed by atoms with Crippen LogP contribution in [-0.2, 0) is 0 Å². The number of rotatable bonds is 4. The SMILES string of the molecule is C#CCN(CC1CC1)C(=O)c1cccc(O)c1. The Bertz CT molecular complexity index is 458. The number of terminal acetylenes is 1. The van der Waals surface area contributed by atoms with Gasteiger partial charge in [0.25, 0.3) is 5.91 Å². The Kier molecular flexibility index (Phi) is 3.34. The quantitative estimate of drug-likeness (QED) is 0.801. The molecule has 1 aliphatic carbocycles. The van der Waals surface area contributed by atoms with Crippen LogP contribution in [-0.4, -0.2) is 29.0 Å². The van der Waals surface area contributed by atoms with Crippen molar-refractivity contribution in [3.63, 3.8) is 0 Å². The van der Waals surface area contributed by atoms with Crippen LogP contribution in [0.3, 0.4) is 0 Å². The molecule has 1 aromatic rings. The number of amides is 1. The molecule has 17 heavy (non-hydrogen) atoms. The first-order valence-corrected chi connectivity index (χ1v) is 5.72. The molecule has 0 radical (unpaired) electrons. The average Bonchev–Trinajstić information content (AvgIpc) is 3.11. The smallest absolute Gasteiger partial charge is 0.254 e. The van der Waals surface area contributed by atoms with Crippen LogP contribution in [0.2, 0.25) is 0 Å². The lowest BCUT2D eigenvalue weighted by Crippen LogP contribution is -2.33. The van der Waals surface area contributed by atoms with E-state index in [1.807, 2.05) is 0 Å². The Balaban J connectivity index is 2.12. The molecule has 1 saturated carbocycles. The number of carbonyl (C=O) groups excluding carboxylic acids is 1. The predicted octanol–water partition coefficient (Wildman–Crippen LogP) is 1.88. The minimum atomic E-state index is -0.106. The molecule has 88 valence electrons. The highest BCUT2D eigenvalue weighted by Crippen LogP contribution is 2.30. The van der Waals surface area contributed by atoms with Crippen molar-refractivity contribution in [2.45, 2.75) is 12.8 Å². The second kappa shape index (κ2) is 4.92. The number of benzene rings is 1. The van der Waals surface area contributed by atoms with E-state index in [2.05, 4.69) is 5.92 Å². The van der Waals surface area contributed by atoms with Crippen molar-refractivity contribution in [3.8, 4) is 18.1 Å². The predicted molar refractivity (Wildman–Crippen MR) is 65.6 cm³/mol. The minimum Gasteiger partial charge on any atom is -0.508 e. The van der Waals surface area contributed by atoms with Crippen LogP contribution in [0.15, 0.2) is 24.3 Å². The number of phenols is 1. The first-order valence-electron chi connectivity index (χ1n) is 5.72. The molecular weight excluding hydrogens is 214 g/mol. The van der Waals surface area contributed by atoms with E-state index in [0.29, 0.717) is 18.0 Å². The van der Waals surface area contributed by atoms with Crippen molar-refractivity contribution < 1.29 is 9.90 Å². The van der Waals surface area contributed by atoms with Gasteiger partial charge in [0.1, 0.15) is 5.75 Å². The van der Waals surface area contributed by atoms with Crippen molar-refractivity contribution >= 4 is 5.91 Å². The summed E-state index contributed by atoms with van der Waals surface area (Å²) in [5.41, 5.74) is 0.487. The lowest BCUT2D eigenvalue weighted by Gasteiger charge is -2.20. The van der Waals surface area contributed by atoms with E-state index in [4.69, 9.17) is 6.42 Å². The van der Waals surface area contributed by atoms with Crippen LogP contribution in [0.4, 0.5) is 0 Å². The van der Waals surface area contributed by atoms with Gasteiger partial charge >= 0.3 is 0 Å². The maximum absolute atomic E-state index is 12.2. The zero-order chi connectivity index (χ0) is 12.3. The summed E-state index contributed by atoms with van der Waals surface area (Å²) in [5.74, 6) is 3.10. The Labute approximate surface area is 101 Å². The van der Waals surface area contributed by atoms with Crippen LogP contribution in [0.1, 0.15) is 23.2 Å². The maximum Gasteiger partial charge on any atom is 0.254 e. The van der Waals surface area contributed by atoms with Crippen LogP contribution in [0, 0.1) is 18.3 Å². The van der Waals surface area contributed by atoms with Gasteiger partial charge in [-0.1, -0.05) is 12.0 Å². The second-order valence-electron chi connectivity index (χ2n) is 4.38. The van der Waals surface area contributed by atoms with E-state index in [0.717, 1.165) is 6.54 Å². The molecule has 0 heterocycles. The molecule has 2 rings (SSSR count). The highest BCUT2D eigenvalue weighted by molar-refractivity contribution is 5.94. The highest BCUT2D eigenvalue weighted by Gasteiger charge is 2.26. The minimum absolute atomic E-state index is 0.0999. The third kappa shape index (κ3) is 3.01. The number of hydrogen-bond donors (Lipinski definition) is 1. The normalized spacial score (nSPS) is 14.1. The summed E-state index contributed by atoms with van der Waals surface area (Å²) in [6.07, 6.45) is 7.63. The zero-order valence-corrected chi connectivity index (χ0v) is 9.60. The number of nitrogens with zero attached hydrogens (tertiary/aromatic N) is 1. The van der Waals surface area contributed by atoms with Gasteiger partial charge in [0.2, 0.25) is 0 Å². The molecule has 1 amide bonds. The Morgan fingerprint density at radius 3 is 2.88 bits per heavy atom. The molecule has 1 fully saturated rings. The van der Waals surface area contributed by atoms with Crippen LogP contribution in [0.25, 0.3) is 0 Å². The van der Waals surface area contributed by atoms with Gasteiger partial charge in [-0.15, -0.1) is 6.42 Å². The standard InChI is InChI=1S/C14H15NO2/c1-2-8-15(10-11-6-7-11)14(17)12-4-3-5-13(16)9-12/h1,3-5,9,11,16H,6-8,10H2. The Morgan fingerprint density at radius 1 is 1.53 bits per heavy atom. The fourth-order valence-corrected chi connectivity index (χ4v) is 1.76. The average molecular weight is 229 g/mol. The largest absolute Gasteiger partial charge is 0.508 e. The van der Waals surface area contributed by atoms with Crippen molar-refractivity contribution in [2.24, 2.45) is 5.92 Å². The molecule has 0 spiro atoms. The van der Waals surface area contributed by atoms with E-state index in [1.165, 1.54) is 18.9 Å². The summed E-state index contributed by atoms with van der Waals surface area (Å²) in [6.45, 7) is 1.05. The molecule has 1 N–H and O–H groups in total. The molecule has 1 aliphatic rings. The lowest BCUT2D eigenvalue weighted by molar-refractivity contribution is 0.0769. The van der Waals surface area contributed by atoms with Gasteiger partial charge in [0.15, 0.2) is 0 Å². The third-order valence-electron chi connectivity index (χ3n) is 2.84. The van der Waals surface area contributed by atoms with Gasteiger partial charge in [-0.05, 0) is 37.0 Å². The van der Waals surface area contributed by atoms with Gasteiger partial charge in [-0.3, -0.25) is 4.79 Å². The number of phenolic OH excluding ortho intramolecular Hbond substituents is 1. The molecule has 3 heteroatoms. The van der Waals surface area contributed by atoms with Crippen LogP contribution >= 0.6 is 0 Å². The first-order chi connectivity index (χ1) is 8.20. The van der Waals surface area contributed by atoms with Crippen molar-refractivity contribution in [2.75, 3.05) is 13.1 Å². The molecule has 0 atom stereocenters. The summed E-state index contributed by atoms with van der Waals surface area (Å²) < 4.78 is 0. The summed E-state index contributed by atoms with van der Waals surface area (Å²) in [7, 11) is 0.